The maximum absolute atomic E-state index is 12.4. The van der Waals surface area contributed by atoms with Crippen molar-refractivity contribution in [2.75, 3.05) is 0 Å². The Bertz CT molecular complexity index is 612. The molecule has 1 aliphatic carbocycles. The molecule has 1 aromatic rings. The van der Waals surface area contributed by atoms with Gasteiger partial charge in [-0.15, -0.1) is 0 Å². The fourth-order valence-electron chi connectivity index (χ4n) is 3.97. The summed E-state index contributed by atoms with van der Waals surface area (Å²) in [4.78, 5) is 35.1. The summed E-state index contributed by atoms with van der Waals surface area (Å²) in [6, 6.07) is 0.735. The predicted molar refractivity (Wildman–Crippen MR) is 83.6 cm³/mol. The molecule has 0 spiro atoms. The number of hydrogen-bond acceptors (Lipinski definition) is 4. The van der Waals surface area contributed by atoms with Crippen molar-refractivity contribution in [2.24, 2.45) is 5.92 Å². The Kier molecular flexibility index (Phi) is 3.54. The van der Waals surface area contributed by atoms with Crippen molar-refractivity contribution in [1.82, 2.24) is 20.2 Å². The number of nitrogens with one attached hydrogen (secondary N) is 1. The fourth-order valence-corrected chi connectivity index (χ4v) is 3.97. The highest BCUT2D eigenvalue weighted by molar-refractivity contribution is 5.92. The Labute approximate surface area is 135 Å². The molecule has 3 heterocycles. The van der Waals surface area contributed by atoms with E-state index in [0.717, 1.165) is 44.2 Å². The molecule has 23 heavy (non-hydrogen) atoms. The molecule has 6 nitrogen and oxygen atoms in total. The fraction of sp³-hybridized carbons (Fsp3) is 0.647. The van der Waals surface area contributed by atoms with Gasteiger partial charge < -0.3 is 10.2 Å². The molecular formula is C17H22N4O2. The monoisotopic (exact) mass is 314 g/mol. The van der Waals surface area contributed by atoms with Crippen LogP contribution in [-0.2, 0) is 4.79 Å². The summed E-state index contributed by atoms with van der Waals surface area (Å²) >= 11 is 0. The molecule has 3 atom stereocenters. The summed E-state index contributed by atoms with van der Waals surface area (Å²) in [5.74, 6) is 0.475. The first kappa shape index (κ1) is 14.6. The Morgan fingerprint density at radius 3 is 2.35 bits per heavy atom. The van der Waals surface area contributed by atoms with E-state index in [1.165, 1.54) is 6.20 Å². The number of carbonyl (C=O) groups excluding carboxylic acids is 2. The van der Waals surface area contributed by atoms with Crippen LogP contribution in [0.4, 0.5) is 0 Å². The van der Waals surface area contributed by atoms with E-state index in [2.05, 4.69) is 20.2 Å². The maximum Gasteiger partial charge on any atom is 0.271 e. The van der Waals surface area contributed by atoms with Crippen LogP contribution in [0.25, 0.3) is 0 Å². The lowest BCUT2D eigenvalue weighted by Gasteiger charge is -2.39. The van der Waals surface area contributed by atoms with Gasteiger partial charge in [-0.05, 0) is 45.4 Å². The highest BCUT2D eigenvalue weighted by atomic mass is 16.2. The number of nitrogens with zero attached hydrogens (tertiary/aromatic N) is 3. The molecule has 2 aliphatic heterocycles. The van der Waals surface area contributed by atoms with Gasteiger partial charge in [-0.25, -0.2) is 4.98 Å². The first-order chi connectivity index (χ1) is 11.1. The van der Waals surface area contributed by atoms with Crippen molar-refractivity contribution >= 4 is 11.8 Å². The van der Waals surface area contributed by atoms with Crippen LogP contribution >= 0.6 is 0 Å². The molecule has 3 aliphatic rings. The molecule has 2 bridgehead atoms. The number of aromatic nitrogens is 2. The van der Waals surface area contributed by atoms with Crippen molar-refractivity contribution in [3.8, 4) is 0 Å². The maximum atomic E-state index is 12.4. The molecule has 1 aromatic heterocycles. The normalized spacial score (nSPS) is 29.4. The Morgan fingerprint density at radius 1 is 1.09 bits per heavy atom. The summed E-state index contributed by atoms with van der Waals surface area (Å²) in [7, 11) is 0. The summed E-state index contributed by atoms with van der Waals surface area (Å²) in [6.07, 6.45) is 9.10. The lowest BCUT2D eigenvalue weighted by molar-refractivity contribution is -0.137. The summed E-state index contributed by atoms with van der Waals surface area (Å²) in [5, 5.41) is 3.08. The van der Waals surface area contributed by atoms with E-state index in [1.54, 1.807) is 6.20 Å². The van der Waals surface area contributed by atoms with Crippen LogP contribution in [0.2, 0.25) is 0 Å². The lowest BCUT2D eigenvalue weighted by Crippen LogP contribution is -2.52. The van der Waals surface area contributed by atoms with E-state index in [4.69, 9.17) is 0 Å². The molecule has 0 aromatic carbocycles. The van der Waals surface area contributed by atoms with Gasteiger partial charge in [0.15, 0.2) is 0 Å². The Balaban J connectivity index is 1.39. The second-order valence-corrected chi connectivity index (χ2v) is 7.09. The summed E-state index contributed by atoms with van der Waals surface area (Å²) < 4.78 is 0. The molecule has 122 valence electrons. The molecule has 2 saturated heterocycles. The molecule has 2 amide bonds. The number of aryl methyl sites for hydroxylation is 1. The van der Waals surface area contributed by atoms with Crippen LogP contribution in [0.1, 0.15) is 54.7 Å². The number of piperidine rings is 1. The number of fused-ring (bicyclic) bond motifs is 2. The Hall–Kier alpha value is -1.98. The van der Waals surface area contributed by atoms with Gasteiger partial charge in [0.2, 0.25) is 5.91 Å². The molecule has 3 fully saturated rings. The minimum atomic E-state index is -0.163. The van der Waals surface area contributed by atoms with Gasteiger partial charge in [-0.3, -0.25) is 14.6 Å². The van der Waals surface area contributed by atoms with Crippen molar-refractivity contribution in [3.05, 3.63) is 23.8 Å². The van der Waals surface area contributed by atoms with Crippen LogP contribution in [0, 0.1) is 12.8 Å². The first-order valence-corrected chi connectivity index (χ1v) is 8.53. The number of rotatable bonds is 3. The van der Waals surface area contributed by atoms with Crippen molar-refractivity contribution in [2.45, 2.75) is 63.6 Å². The van der Waals surface area contributed by atoms with Crippen LogP contribution < -0.4 is 5.32 Å². The molecular weight excluding hydrogens is 292 g/mol. The third kappa shape index (κ3) is 2.82. The third-order valence-corrected chi connectivity index (χ3v) is 5.26. The van der Waals surface area contributed by atoms with Gasteiger partial charge >= 0.3 is 0 Å². The average Bonchev–Trinajstić information content (AvgIpc) is 3.33. The SMILES string of the molecule is Cc1cnc(C(=O)NC2C[C@H]3CC[C@@H](C2)N3C(=O)C2CC2)cn1. The van der Waals surface area contributed by atoms with Gasteiger partial charge in [0.1, 0.15) is 5.69 Å². The molecule has 4 rings (SSSR count). The molecule has 0 radical (unpaired) electrons. The van der Waals surface area contributed by atoms with Crippen LogP contribution in [0.5, 0.6) is 0 Å². The van der Waals surface area contributed by atoms with E-state index < -0.39 is 0 Å². The van der Waals surface area contributed by atoms with Crippen molar-refractivity contribution < 1.29 is 9.59 Å². The highest BCUT2D eigenvalue weighted by Gasteiger charge is 2.47. The van der Waals surface area contributed by atoms with E-state index in [9.17, 15) is 9.59 Å². The van der Waals surface area contributed by atoms with E-state index in [-0.39, 0.29) is 17.9 Å². The smallest absolute Gasteiger partial charge is 0.271 e. The van der Waals surface area contributed by atoms with Crippen LogP contribution in [0.15, 0.2) is 12.4 Å². The van der Waals surface area contributed by atoms with Gasteiger partial charge in [-0.1, -0.05) is 0 Å². The minimum absolute atomic E-state index is 0.131. The van der Waals surface area contributed by atoms with Gasteiger partial charge in [0.25, 0.3) is 5.91 Å². The van der Waals surface area contributed by atoms with Crippen LogP contribution in [0.3, 0.4) is 0 Å². The zero-order valence-corrected chi connectivity index (χ0v) is 13.4. The Morgan fingerprint density at radius 2 is 1.78 bits per heavy atom. The zero-order valence-electron chi connectivity index (χ0n) is 13.4. The van der Waals surface area contributed by atoms with Gasteiger partial charge in [-0.2, -0.15) is 0 Å². The second-order valence-electron chi connectivity index (χ2n) is 7.09. The highest BCUT2D eigenvalue weighted by Crippen LogP contribution is 2.40. The number of hydrogen-bond donors (Lipinski definition) is 1. The minimum Gasteiger partial charge on any atom is -0.348 e. The van der Waals surface area contributed by atoms with Gasteiger partial charge in [0, 0.05) is 30.2 Å². The topological polar surface area (TPSA) is 75.2 Å². The second kappa shape index (κ2) is 5.58. The predicted octanol–water partition coefficient (Wildman–Crippen LogP) is 1.45. The molecule has 1 unspecified atom stereocenters. The molecule has 6 heteroatoms. The van der Waals surface area contributed by atoms with Gasteiger partial charge in [0.05, 0.1) is 11.9 Å². The third-order valence-electron chi connectivity index (χ3n) is 5.26. The number of amides is 2. The summed E-state index contributed by atoms with van der Waals surface area (Å²) in [5.41, 5.74) is 1.16. The van der Waals surface area contributed by atoms with E-state index >= 15 is 0 Å². The largest absolute Gasteiger partial charge is 0.348 e. The van der Waals surface area contributed by atoms with Crippen LogP contribution in [-0.4, -0.2) is 44.8 Å². The lowest BCUT2D eigenvalue weighted by atomic mass is 9.96. The van der Waals surface area contributed by atoms with Crippen molar-refractivity contribution in [1.29, 1.82) is 0 Å². The quantitative estimate of drug-likeness (QED) is 0.916. The molecule has 1 N–H and O–H groups in total. The van der Waals surface area contributed by atoms with E-state index in [0.29, 0.717) is 23.7 Å². The number of carbonyl (C=O) groups is 2. The zero-order chi connectivity index (χ0) is 16.0. The molecule has 1 saturated carbocycles. The van der Waals surface area contributed by atoms with E-state index in [1.807, 2.05) is 6.92 Å². The standard InChI is InChI=1S/C17H22N4O2/c1-10-8-19-15(9-18-10)16(22)20-12-6-13-4-5-14(7-12)21(13)17(23)11-2-3-11/h8-9,11-14H,2-7H2,1H3,(H,20,22)/t12?,13-,14+. The van der Waals surface area contributed by atoms with Crippen molar-refractivity contribution in [3.63, 3.8) is 0 Å². The summed E-state index contributed by atoms with van der Waals surface area (Å²) in [6.45, 7) is 1.85. The first-order valence-electron chi connectivity index (χ1n) is 8.53. The average molecular weight is 314 g/mol.